The van der Waals surface area contributed by atoms with Crippen molar-refractivity contribution in [2.24, 2.45) is 0 Å². The summed E-state index contributed by atoms with van der Waals surface area (Å²) in [5, 5.41) is 11.9. The second-order valence-corrected chi connectivity index (χ2v) is 4.56. The van der Waals surface area contributed by atoms with Gasteiger partial charge in [-0.2, -0.15) is 11.8 Å². The van der Waals surface area contributed by atoms with Crippen molar-refractivity contribution < 1.29 is 5.11 Å². The summed E-state index contributed by atoms with van der Waals surface area (Å²) < 4.78 is 0. The van der Waals surface area contributed by atoms with Crippen molar-refractivity contribution in [3.8, 4) is 0 Å². The van der Waals surface area contributed by atoms with Gasteiger partial charge in [0.15, 0.2) is 0 Å². The zero-order valence-electron chi connectivity index (χ0n) is 8.99. The number of anilines is 2. The van der Waals surface area contributed by atoms with Gasteiger partial charge in [0.1, 0.15) is 0 Å². The summed E-state index contributed by atoms with van der Waals surface area (Å²) in [4.78, 5) is 0. The normalized spacial score (nSPS) is 10.3. The molecule has 1 rings (SSSR count). The van der Waals surface area contributed by atoms with Gasteiger partial charge in [0.25, 0.3) is 0 Å². The van der Waals surface area contributed by atoms with Gasteiger partial charge in [0.05, 0.1) is 6.61 Å². The highest BCUT2D eigenvalue weighted by atomic mass is 32.2. The van der Waals surface area contributed by atoms with Gasteiger partial charge in [0, 0.05) is 29.4 Å². The summed E-state index contributed by atoms with van der Waals surface area (Å²) in [5.41, 5.74) is 8.76. The molecule has 0 saturated carbocycles. The van der Waals surface area contributed by atoms with E-state index in [1.807, 2.05) is 25.1 Å². The van der Waals surface area contributed by atoms with Crippen molar-refractivity contribution in [3.05, 3.63) is 23.8 Å². The Morgan fingerprint density at radius 3 is 2.87 bits per heavy atom. The van der Waals surface area contributed by atoms with Gasteiger partial charge in [-0.15, -0.1) is 0 Å². The van der Waals surface area contributed by atoms with E-state index < -0.39 is 0 Å². The van der Waals surface area contributed by atoms with Crippen LogP contribution in [0.2, 0.25) is 0 Å². The zero-order chi connectivity index (χ0) is 11.1. The lowest BCUT2D eigenvalue weighted by molar-refractivity contribution is 0.322. The summed E-state index contributed by atoms with van der Waals surface area (Å²) in [5.74, 6) is 1.81. The minimum Gasteiger partial charge on any atom is -0.399 e. The number of aliphatic hydroxyl groups excluding tert-OH is 1. The summed E-state index contributed by atoms with van der Waals surface area (Å²) >= 11 is 1.74. The highest BCUT2D eigenvalue weighted by Gasteiger charge is 1.97. The Labute approximate surface area is 95.1 Å². The average Bonchev–Trinajstić information content (AvgIpc) is 2.20. The van der Waals surface area contributed by atoms with E-state index >= 15 is 0 Å². The van der Waals surface area contributed by atoms with Crippen LogP contribution in [-0.2, 0) is 0 Å². The fraction of sp³-hybridized carbons (Fsp3) is 0.455. The fourth-order valence-electron chi connectivity index (χ4n) is 1.31. The number of nitrogen functional groups attached to an aromatic ring is 1. The molecule has 1 aromatic carbocycles. The number of thioether (sulfide) groups is 1. The SMILES string of the molecule is Cc1cc(N)ccc1NCCSCCO. The first-order valence-electron chi connectivity index (χ1n) is 5.02. The average molecular weight is 226 g/mol. The summed E-state index contributed by atoms with van der Waals surface area (Å²) in [6, 6.07) is 5.86. The second-order valence-electron chi connectivity index (χ2n) is 3.34. The first-order valence-corrected chi connectivity index (χ1v) is 6.18. The molecule has 3 nitrogen and oxygen atoms in total. The van der Waals surface area contributed by atoms with Gasteiger partial charge < -0.3 is 16.2 Å². The monoisotopic (exact) mass is 226 g/mol. The molecule has 0 amide bonds. The molecule has 0 fully saturated rings. The lowest BCUT2D eigenvalue weighted by Crippen LogP contribution is -2.06. The topological polar surface area (TPSA) is 58.3 Å². The number of aryl methyl sites for hydroxylation is 1. The number of benzene rings is 1. The molecule has 0 heterocycles. The Hall–Kier alpha value is -0.870. The van der Waals surface area contributed by atoms with E-state index in [4.69, 9.17) is 10.8 Å². The molecule has 15 heavy (non-hydrogen) atoms. The minimum atomic E-state index is 0.256. The number of rotatable bonds is 6. The fourth-order valence-corrected chi connectivity index (χ4v) is 1.89. The lowest BCUT2D eigenvalue weighted by Gasteiger charge is -2.09. The van der Waals surface area contributed by atoms with Crippen molar-refractivity contribution in [2.45, 2.75) is 6.92 Å². The zero-order valence-corrected chi connectivity index (χ0v) is 9.81. The highest BCUT2D eigenvalue weighted by Crippen LogP contribution is 2.17. The third kappa shape index (κ3) is 4.44. The van der Waals surface area contributed by atoms with Crippen LogP contribution in [0.25, 0.3) is 0 Å². The van der Waals surface area contributed by atoms with Gasteiger partial charge in [-0.05, 0) is 30.7 Å². The molecule has 0 aliphatic rings. The van der Waals surface area contributed by atoms with E-state index in [1.165, 1.54) is 5.56 Å². The second kappa shape index (κ2) is 6.58. The van der Waals surface area contributed by atoms with Crippen LogP contribution in [0.1, 0.15) is 5.56 Å². The van der Waals surface area contributed by atoms with E-state index in [0.717, 1.165) is 29.4 Å². The third-order valence-corrected chi connectivity index (χ3v) is 3.01. The largest absolute Gasteiger partial charge is 0.399 e. The minimum absolute atomic E-state index is 0.256. The maximum atomic E-state index is 8.60. The first kappa shape index (κ1) is 12.2. The van der Waals surface area contributed by atoms with Gasteiger partial charge in [-0.3, -0.25) is 0 Å². The molecule has 84 valence electrons. The molecule has 0 aromatic heterocycles. The van der Waals surface area contributed by atoms with Crippen molar-refractivity contribution in [3.63, 3.8) is 0 Å². The van der Waals surface area contributed by atoms with Crippen LogP contribution in [0.3, 0.4) is 0 Å². The highest BCUT2D eigenvalue weighted by molar-refractivity contribution is 7.99. The van der Waals surface area contributed by atoms with Crippen LogP contribution >= 0.6 is 11.8 Å². The molecule has 4 heteroatoms. The van der Waals surface area contributed by atoms with Crippen molar-refractivity contribution >= 4 is 23.1 Å². The molecule has 0 aliphatic heterocycles. The molecule has 0 aliphatic carbocycles. The molecule has 0 saturated heterocycles. The van der Waals surface area contributed by atoms with E-state index in [0.29, 0.717) is 0 Å². The van der Waals surface area contributed by atoms with Gasteiger partial charge in [-0.1, -0.05) is 0 Å². The Morgan fingerprint density at radius 1 is 1.40 bits per heavy atom. The molecule has 0 radical (unpaired) electrons. The summed E-state index contributed by atoms with van der Waals surface area (Å²) in [6.07, 6.45) is 0. The Bertz CT molecular complexity index is 305. The van der Waals surface area contributed by atoms with Crippen molar-refractivity contribution in [2.75, 3.05) is 35.7 Å². The summed E-state index contributed by atoms with van der Waals surface area (Å²) in [7, 11) is 0. The molecule has 1 aromatic rings. The molecule has 0 spiro atoms. The van der Waals surface area contributed by atoms with Gasteiger partial charge in [-0.25, -0.2) is 0 Å². The molecular formula is C11H18N2OS. The standard InChI is InChI=1S/C11H18N2OS/c1-9-8-10(12)2-3-11(9)13-4-6-15-7-5-14/h2-3,8,13-14H,4-7,12H2,1H3. The van der Waals surface area contributed by atoms with E-state index in [2.05, 4.69) is 5.32 Å². The predicted molar refractivity (Wildman–Crippen MR) is 68.5 cm³/mol. The van der Waals surface area contributed by atoms with Crippen LogP contribution in [0.4, 0.5) is 11.4 Å². The molecule has 4 N–H and O–H groups in total. The van der Waals surface area contributed by atoms with Crippen LogP contribution in [-0.4, -0.2) is 29.8 Å². The van der Waals surface area contributed by atoms with Crippen molar-refractivity contribution in [1.82, 2.24) is 0 Å². The number of hydrogen-bond donors (Lipinski definition) is 3. The van der Waals surface area contributed by atoms with E-state index in [1.54, 1.807) is 11.8 Å². The van der Waals surface area contributed by atoms with Gasteiger partial charge >= 0.3 is 0 Å². The maximum absolute atomic E-state index is 8.60. The maximum Gasteiger partial charge on any atom is 0.0521 e. The Balaban J connectivity index is 2.31. The number of hydrogen-bond acceptors (Lipinski definition) is 4. The third-order valence-electron chi connectivity index (χ3n) is 2.05. The molecular weight excluding hydrogens is 208 g/mol. The number of nitrogens with one attached hydrogen (secondary N) is 1. The van der Waals surface area contributed by atoms with Crippen LogP contribution in [0.15, 0.2) is 18.2 Å². The lowest BCUT2D eigenvalue weighted by atomic mass is 10.2. The van der Waals surface area contributed by atoms with Crippen molar-refractivity contribution in [1.29, 1.82) is 0 Å². The van der Waals surface area contributed by atoms with Crippen LogP contribution in [0.5, 0.6) is 0 Å². The van der Waals surface area contributed by atoms with Crippen LogP contribution < -0.4 is 11.1 Å². The smallest absolute Gasteiger partial charge is 0.0521 e. The Kier molecular flexibility index (Phi) is 5.36. The van der Waals surface area contributed by atoms with Crippen LogP contribution in [0, 0.1) is 6.92 Å². The van der Waals surface area contributed by atoms with E-state index in [9.17, 15) is 0 Å². The van der Waals surface area contributed by atoms with Gasteiger partial charge in [0.2, 0.25) is 0 Å². The summed E-state index contributed by atoms with van der Waals surface area (Å²) in [6.45, 7) is 3.21. The van der Waals surface area contributed by atoms with E-state index in [-0.39, 0.29) is 6.61 Å². The number of nitrogens with two attached hydrogens (primary N) is 1. The molecule has 0 atom stereocenters. The Morgan fingerprint density at radius 2 is 2.20 bits per heavy atom. The molecule has 0 bridgehead atoms. The quantitative estimate of drug-likeness (QED) is 0.510. The molecule has 0 unspecified atom stereocenters. The number of aliphatic hydroxyl groups is 1. The first-order chi connectivity index (χ1) is 7.24. The predicted octanol–water partition coefficient (Wildman–Crippen LogP) is 1.71.